The van der Waals surface area contributed by atoms with Gasteiger partial charge in [-0.2, -0.15) is 0 Å². The fraction of sp³-hybridized carbons (Fsp3) is 0.136. The van der Waals surface area contributed by atoms with Crippen LogP contribution in [0.5, 0.6) is 5.75 Å². The first-order valence-electron chi connectivity index (χ1n) is 8.68. The Morgan fingerprint density at radius 2 is 1.59 bits per heavy atom. The van der Waals surface area contributed by atoms with Crippen LogP contribution in [-0.4, -0.2) is 19.6 Å². The van der Waals surface area contributed by atoms with Crippen molar-refractivity contribution in [2.75, 3.05) is 24.3 Å². The van der Waals surface area contributed by atoms with Crippen LogP contribution in [0.15, 0.2) is 72.8 Å². The fourth-order valence-electron chi connectivity index (χ4n) is 2.73. The van der Waals surface area contributed by atoms with E-state index in [4.69, 9.17) is 4.74 Å². The van der Waals surface area contributed by atoms with Gasteiger partial charge in [0.05, 0.1) is 7.11 Å². The summed E-state index contributed by atoms with van der Waals surface area (Å²) in [6.07, 6.45) is 0.840. The number of carbonyl (C=O) groups excluding carboxylic acids is 1. The molecule has 0 saturated carbocycles. The maximum Gasteiger partial charge on any atom is 0.255 e. The number of methoxy groups -OCH3 is 1. The molecule has 5 heteroatoms. The lowest BCUT2D eigenvalue weighted by molar-refractivity contribution is 0.102. The fourth-order valence-corrected chi connectivity index (χ4v) is 2.73. The normalized spacial score (nSPS) is 10.3. The van der Waals surface area contributed by atoms with E-state index in [9.17, 15) is 9.18 Å². The molecule has 1 amide bonds. The third-order valence-electron chi connectivity index (χ3n) is 4.17. The van der Waals surface area contributed by atoms with E-state index in [-0.39, 0.29) is 11.7 Å². The molecule has 138 valence electrons. The van der Waals surface area contributed by atoms with Gasteiger partial charge in [-0.1, -0.05) is 18.2 Å². The molecule has 0 atom stereocenters. The SMILES string of the molecule is COc1ccccc1CCNc1ccc(NC(=O)c2ccc(F)cc2)cc1. The monoisotopic (exact) mass is 364 g/mol. The molecule has 0 unspecified atom stereocenters. The molecule has 3 aromatic carbocycles. The van der Waals surface area contributed by atoms with Crippen LogP contribution in [0.4, 0.5) is 15.8 Å². The Bertz CT molecular complexity index is 893. The number of amides is 1. The quantitative estimate of drug-likeness (QED) is 0.637. The number of hydrogen-bond acceptors (Lipinski definition) is 3. The molecule has 0 spiro atoms. The summed E-state index contributed by atoms with van der Waals surface area (Å²) in [4.78, 5) is 12.1. The first kappa shape index (κ1) is 18.5. The number of hydrogen-bond donors (Lipinski definition) is 2. The van der Waals surface area contributed by atoms with E-state index >= 15 is 0 Å². The number of anilines is 2. The maximum absolute atomic E-state index is 12.9. The van der Waals surface area contributed by atoms with Crippen molar-refractivity contribution in [1.82, 2.24) is 0 Å². The van der Waals surface area contributed by atoms with Crippen molar-refractivity contribution in [3.63, 3.8) is 0 Å². The number of ether oxygens (including phenoxy) is 1. The van der Waals surface area contributed by atoms with Gasteiger partial charge in [-0.05, 0) is 66.6 Å². The highest BCUT2D eigenvalue weighted by atomic mass is 19.1. The first-order valence-corrected chi connectivity index (χ1v) is 8.68. The molecular formula is C22H21FN2O2. The molecule has 0 aliphatic rings. The second kappa shape index (κ2) is 8.85. The summed E-state index contributed by atoms with van der Waals surface area (Å²) >= 11 is 0. The van der Waals surface area contributed by atoms with Gasteiger partial charge < -0.3 is 15.4 Å². The van der Waals surface area contributed by atoms with E-state index in [1.165, 1.54) is 24.3 Å². The van der Waals surface area contributed by atoms with Crippen molar-refractivity contribution in [2.24, 2.45) is 0 Å². The van der Waals surface area contributed by atoms with Crippen LogP contribution in [-0.2, 0) is 6.42 Å². The van der Waals surface area contributed by atoms with Crippen molar-refractivity contribution in [3.8, 4) is 5.75 Å². The average Bonchev–Trinajstić information content (AvgIpc) is 2.70. The lowest BCUT2D eigenvalue weighted by Crippen LogP contribution is -2.12. The summed E-state index contributed by atoms with van der Waals surface area (Å²) in [6, 6.07) is 20.9. The Balaban J connectivity index is 1.52. The Labute approximate surface area is 158 Å². The second-order valence-corrected chi connectivity index (χ2v) is 6.03. The summed E-state index contributed by atoms with van der Waals surface area (Å²) < 4.78 is 18.3. The molecule has 0 aliphatic heterocycles. The molecule has 3 aromatic rings. The number of para-hydroxylation sites is 1. The van der Waals surface area contributed by atoms with Crippen molar-refractivity contribution in [1.29, 1.82) is 0 Å². The Morgan fingerprint density at radius 1 is 0.926 bits per heavy atom. The predicted molar refractivity (Wildman–Crippen MR) is 106 cm³/mol. The predicted octanol–water partition coefficient (Wildman–Crippen LogP) is 4.74. The van der Waals surface area contributed by atoms with Crippen LogP contribution >= 0.6 is 0 Å². The molecule has 0 aliphatic carbocycles. The van der Waals surface area contributed by atoms with E-state index in [2.05, 4.69) is 16.7 Å². The number of nitrogens with one attached hydrogen (secondary N) is 2. The van der Waals surface area contributed by atoms with Crippen molar-refractivity contribution >= 4 is 17.3 Å². The molecule has 0 radical (unpaired) electrons. The standard InChI is InChI=1S/C22H21FN2O2/c1-27-21-5-3-2-4-16(21)14-15-24-19-10-12-20(13-11-19)25-22(26)17-6-8-18(23)9-7-17/h2-13,24H,14-15H2,1H3,(H,25,26). The van der Waals surface area contributed by atoms with Crippen LogP contribution in [0.3, 0.4) is 0 Å². The summed E-state index contributed by atoms with van der Waals surface area (Å²) in [6.45, 7) is 0.766. The molecule has 27 heavy (non-hydrogen) atoms. The molecular weight excluding hydrogens is 343 g/mol. The topological polar surface area (TPSA) is 50.4 Å². The van der Waals surface area contributed by atoms with Gasteiger partial charge in [0.25, 0.3) is 5.91 Å². The van der Waals surface area contributed by atoms with Gasteiger partial charge in [0, 0.05) is 23.5 Å². The zero-order valence-electron chi connectivity index (χ0n) is 15.0. The Kier molecular flexibility index (Phi) is 6.05. The van der Waals surface area contributed by atoms with Gasteiger partial charge in [0.15, 0.2) is 0 Å². The zero-order chi connectivity index (χ0) is 19.1. The molecule has 4 nitrogen and oxygen atoms in total. The van der Waals surface area contributed by atoms with Gasteiger partial charge in [-0.25, -0.2) is 4.39 Å². The maximum atomic E-state index is 12.9. The summed E-state index contributed by atoms with van der Waals surface area (Å²) in [7, 11) is 1.67. The van der Waals surface area contributed by atoms with Gasteiger partial charge >= 0.3 is 0 Å². The van der Waals surface area contributed by atoms with E-state index in [1.807, 2.05) is 42.5 Å². The summed E-state index contributed by atoms with van der Waals surface area (Å²) in [5.41, 5.74) is 3.20. The minimum absolute atomic E-state index is 0.271. The lowest BCUT2D eigenvalue weighted by Gasteiger charge is -2.11. The zero-order valence-corrected chi connectivity index (χ0v) is 15.0. The van der Waals surface area contributed by atoms with E-state index in [1.54, 1.807) is 7.11 Å². The van der Waals surface area contributed by atoms with Gasteiger partial charge in [-0.3, -0.25) is 4.79 Å². The molecule has 0 heterocycles. The van der Waals surface area contributed by atoms with Gasteiger partial charge in [0.2, 0.25) is 0 Å². The highest BCUT2D eigenvalue weighted by Crippen LogP contribution is 2.19. The largest absolute Gasteiger partial charge is 0.496 e. The smallest absolute Gasteiger partial charge is 0.255 e. The first-order chi connectivity index (χ1) is 13.2. The van der Waals surface area contributed by atoms with Crippen LogP contribution < -0.4 is 15.4 Å². The minimum atomic E-state index is -0.366. The third kappa shape index (κ3) is 5.07. The minimum Gasteiger partial charge on any atom is -0.496 e. The number of rotatable bonds is 7. The van der Waals surface area contributed by atoms with Crippen LogP contribution in [0, 0.1) is 5.82 Å². The summed E-state index contributed by atoms with van der Waals surface area (Å²) in [5, 5.41) is 6.15. The van der Waals surface area contributed by atoms with E-state index in [0.717, 1.165) is 30.0 Å². The van der Waals surface area contributed by atoms with Gasteiger partial charge in [0.1, 0.15) is 11.6 Å². The Morgan fingerprint density at radius 3 is 2.30 bits per heavy atom. The van der Waals surface area contributed by atoms with Crippen LogP contribution in [0.1, 0.15) is 15.9 Å². The van der Waals surface area contributed by atoms with Crippen molar-refractivity contribution < 1.29 is 13.9 Å². The average molecular weight is 364 g/mol. The van der Waals surface area contributed by atoms with Gasteiger partial charge in [-0.15, -0.1) is 0 Å². The molecule has 0 saturated heterocycles. The number of carbonyl (C=O) groups is 1. The van der Waals surface area contributed by atoms with Crippen LogP contribution in [0.25, 0.3) is 0 Å². The molecule has 0 fully saturated rings. The van der Waals surface area contributed by atoms with Crippen molar-refractivity contribution in [2.45, 2.75) is 6.42 Å². The third-order valence-corrected chi connectivity index (χ3v) is 4.17. The molecule has 2 N–H and O–H groups in total. The van der Waals surface area contributed by atoms with E-state index in [0.29, 0.717) is 11.3 Å². The second-order valence-electron chi connectivity index (χ2n) is 6.03. The summed E-state index contributed by atoms with van der Waals surface area (Å²) in [5.74, 6) is 0.250. The molecule has 0 bridgehead atoms. The Hall–Kier alpha value is -3.34. The number of halogens is 1. The molecule has 3 rings (SSSR count). The highest BCUT2D eigenvalue weighted by Gasteiger charge is 2.06. The number of benzene rings is 3. The van der Waals surface area contributed by atoms with Crippen molar-refractivity contribution in [3.05, 3.63) is 89.7 Å². The van der Waals surface area contributed by atoms with Crippen LogP contribution in [0.2, 0.25) is 0 Å². The van der Waals surface area contributed by atoms with E-state index < -0.39 is 0 Å². The molecule has 0 aromatic heterocycles. The highest BCUT2D eigenvalue weighted by molar-refractivity contribution is 6.04. The lowest BCUT2D eigenvalue weighted by atomic mass is 10.1.